The fourth-order valence-electron chi connectivity index (χ4n) is 2.49. The minimum atomic E-state index is -0.661. The van der Waals surface area contributed by atoms with Gasteiger partial charge in [0.2, 0.25) is 0 Å². The molecule has 1 aromatic heterocycles. The summed E-state index contributed by atoms with van der Waals surface area (Å²) >= 11 is 1.73. The Kier molecular flexibility index (Phi) is 5.34. The second-order valence-corrected chi connectivity index (χ2v) is 6.19. The first kappa shape index (κ1) is 14.5. The molecule has 2 heterocycles. The molecule has 1 saturated heterocycles. The summed E-state index contributed by atoms with van der Waals surface area (Å²) in [4.78, 5) is 17.9. The lowest BCUT2D eigenvalue weighted by atomic mass is 9.98. The number of hydrogen-bond acceptors (Lipinski definition) is 4. The Morgan fingerprint density at radius 2 is 2.47 bits per heavy atom. The molecule has 1 atom stereocenters. The van der Waals surface area contributed by atoms with E-state index in [1.807, 2.05) is 0 Å². The molecule has 0 aromatic carbocycles. The summed E-state index contributed by atoms with van der Waals surface area (Å²) < 4.78 is 0. The lowest BCUT2D eigenvalue weighted by molar-refractivity contribution is -0.143. The van der Waals surface area contributed by atoms with E-state index in [0.29, 0.717) is 6.54 Å². The molecule has 1 unspecified atom stereocenters. The Morgan fingerprint density at radius 1 is 1.63 bits per heavy atom. The number of unbranched alkanes of at least 4 members (excludes halogenated alkanes) is 1. The van der Waals surface area contributed by atoms with E-state index in [1.54, 1.807) is 11.3 Å². The minimum Gasteiger partial charge on any atom is -0.481 e. The van der Waals surface area contributed by atoms with Crippen molar-refractivity contribution in [2.75, 3.05) is 13.1 Å². The van der Waals surface area contributed by atoms with E-state index in [-0.39, 0.29) is 5.92 Å². The van der Waals surface area contributed by atoms with Gasteiger partial charge in [0.25, 0.3) is 0 Å². The van der Waals surface area contributed by atoms with Gasteiger partial charge < -0.3 is 5.11 Å². The fraction of sp³-hybridized carbons (Fsp3) is 0.714. The highest BCUT2D eigenvalue weighted by Gasteiger charge is 2.25. The average molecular weight is 282 g/mol. The molecule has 2 rings (SSSR count). The normalized spacial score (nSPS) is 20.6. The number of nitrogens with zero attached hydrogens (tertiary/aromatic N) is 2. The maximum absolute atomic E-state index is 11.0. The summed E-state index contributed by atoms with van der Waals surface area (Å²) in [5, 5.41) is 12.4. The molecule has 0 bridgehead atoms. The van der Waals surface area contributed by atoms with Gasteiger partial charge in [0.1, 0.15) is 0 Å². The number of thiazole rings is 1. The van der Waals surface area contributed by atoms with Crippen LogP contribution in [0, 0.1) is 5.92 Å². The van der Waals surface area contributed by atoms with Gasteiger partial charge in [0.15, 0.2) is 0 Å². The van der Waals surface area contributed by atoms with Crippen LogP contribution in [0.3, 0.4) is 0 Å². The molecular formula is C14H22N2O2S. The van der Waals surface area contributed by atoms with Crippen LogP contribution >= 0.6 is 11.3 Å². The third-order valence-corrected chi connectivity index (χ3v) is 4.54. The van der Waals surface area contributed by atoms with E-state index in [4.69, 9.17) is 5.11 Å². The summed E-state index contributed by atoms with van der Waals surface area (Å²) in [6, 6.07) is 0. The highest BCUT2D eigenvalue weighted by atomic mass is 32.1. The minimum absolute atomic E-state index is 0.202. The number of likely N-dealkylation sites (tertiary alicyclic amines) is 1. The number of piperidine rings is 1. The Morgan fingerprint density at radius 3 is 3.21 bits per heavy atom. The van der Waals surface area contributed by atoms with E-state index < -0.39 is 5.97 Å². The van der Waals surface area contributed by atoms with Crippen molar-refractivity contribution in [3.05, 3.63) is 16.1 Å². The summed E-state index contributed by atoms with van der Waals surface area (Å²) in [5.41, 5.74) is 1.10. The summed E-state index contributed by atoms with van der Waals surface area (Å²) in [6.45, 7) is 4.64. The Bertz CT molecular complexity index is 419. The Labute approximate surface area is 118 Å². The molecule has 5 heteroatoms. The zero-order valence-electron chi connectivity index (χ0n) is 11.5. The van der Waals surface area contributed by atoms with Gasteiger partial charge in [-0.15, -0.1) is 11.3 Å². The lowest BCUT2D eigenvalue weighted by Crippen LogP contribution is -2.38. The van der Waals surface area contributed by atoms with Gasteiger partial charge >= 0.3 is 5.97 Å². The van der Waals surface area contributed by atoms with E-state index in [2.05, 4.69) is 22.2 Å². The number of aryl methyl sites for hydroxylation is 1. The third-order valence-electron chi connectivity index (χ3n) is 3.58. The van der Waals surface area contributed by atoms with Crippen molar-refractivity contribution >= 4 is 17.3 Å². The van der Waals surface area contributed by atoms with Crippen molar-refractivity contribution in [2.24, 2.45) is 5.92 Å². The van der Waals surface area contributed by atoms with Crippen molar-refractivity contribution < 1.29 is 9.90 Å². The second-order valence-electron chi connectivity index (χ2n) is 5.25. The van der Waals surface area contributed by atoms with Crippen LogP contribution in [0.1, 0.15) is 43.3 Å². The second kappa shape index (κ2) is 7.01. The summed E-state index contributed by atoms with van der Waals surface area (Å²) in [6.07, 6.45) is 5.24. The molecule has 1 N–H and O–H groups in total. The van der Waals surface area contributed by atoms with Gasteiger partial charge in [-0.2, -0.15) is 0 Å². The van der Waals surface area contributed by atoms with Crippen LogP contribution in [-0.2, 0) is 17.8 Å². The molecule has 0 spiro atoms. The molecule has 1 aliphatic heterocycles. The van der Waals surface area contributed by atoms with Gasteiger partial charge in [-0.25, -0.2) is 4.98 Å². The smallest absolute Gasteiger partial charge is 0.307 e. The van der Waals surface area contributed by atoms with E-state index in [1.165, 1.54) is 17.8 Å². The number of carboxylic acids is 1. The van der Waals surface area contributed by atoms with Gasteiger partial charge in [0, 0.05) is 18.5 Å². The van der Waals surface area contributed by atoms with Crippen LogP contribution in [0.25, 0.3) is 0 Å². The fourth-order valence-corrected chi connectivity index (χ4v) is 3.33. The third kappa shape index (κ3) is 4.28. The first-order valence-electron chi connectivity index (χ1n) is 7.07. The van der Waals surface area contributed by atoms with Crippen molar-refractivity contribution in [1.29, 1.82) is 0 Å². The number of aliphatic carboxylic acids is 1. The Balaban J connectivity index is 1.86. The molecule has 1 aromatic rings. The highest BCUT2D eigenvalue weighted by Crippen LogP contribution is 2.20. The van der Waals surface area contributed by atoms with E-state index in [0.717, 1.165) is 38.0 Å². The summed E-state index contributed by atoms with van der Waals surface area (Å²) in [7, 11) is 0. The molecule has 106 valence electrons. The topological polar surface area (TPSA) is 53.4 Å². The van der Waals surface area contributed by atoms with Gasteiger partial charge in [-0.1, -0.05) is 13.3 Å². The van der Waals surface area contributed by atoms with Crippen LogP contribution in [-0.4, -0.2) is 34.0 Å². The largest absolute Gasteiger partial charge is 0.481 e. The van der Waals surface area contributed by atoms with Crippen molar-refractivity contribution in [3.63, 3.8) is 0 Å². The maximum Gasteiger partial charge on any atom is 0.307 e. The molecule has 4 nitrogen and oxygen atoms in total. The van der Waals surface area contributed by atoms with Gasteiger partial charge in [-0.3, -0.25) is 9.69 Å². The van der Waals surface area contributed by atoms with Crippen LogP contribution in [0.4, 0.5) is 0 Å². The standard InChI is InChI=1S/C14H22N2O2S/c1-2-3-6-13-15-12(10-19-13)9-16-7-4-5-11(8-16)14(17)18/h10-11H,2-9H2,1H3,(H,17,18). The first-order chi connectivity index (χ1) is 9.19. The van der Waals surface area contributed by atoms with Crippen molar-refractivity contribution in [3.8, 4) is 0 Å². The predicted molar refractivity (Wildman–Crippen MR) is 76.4 cm³/mol. The highest BCUT2D eigenvalue weighted by molar-refractivity contribution is 7.09. The van der Waals surface area contributed by atoms with Crippen LogP contribution in [0.5, 0.6) is 0 Å². The molecule has 0 aliphatic carbocycles. The van der Waals surface area contributed by atoms with Crippen LogP contribution in [0.2, 0.25) is 0 Å². The van der Waals surface area contributed by atoms with Crippen molar-refractivity contribution in [2.45, 2.75) is 45.6 Å². The quantitative estimate of drug-likeness (QED) is 0.871. The molecule has 0 saturated carbocycles. The monoisotopic (exact) mass is 282 g/mol. The zero-order valence-corrected chi connectivity index (χ0v) is 12.3. The Hall–Kier alpha value is -0.940. The predicted octanol–water partition coefficient (Wildman–Crippen LogP) is 2.78. The van der Waals surface area contributed by atoms with Crippen molar-refractivity contribution in [1.82, 2.24) is 9.88 Å². The number of hydrogen-bond donors (Lipinski definition) is 1. The zero-order chi connectivity index (χ0) is 13.7. The average Bonchev–Trinajstić information content (AvgIpc) is 2.84. The molecular weight excluding hydrogens is 260 g/mol. The number of aromatic nitrogens is 1. The lowest BCUT2D eigenvalue weighted by Gasteiger charge is -2.29. The number of carboxylic acid groups (broad SMARTS) is 1. The maximum atomic E-state index is 11.0. The molecule has 19 heavy (non-hydrogen) atoms. The SMILES string of the molecule is CCCCc1nc(CN2CCCC(C(=O)O)C2)cs1. The summed E-state index contributed by atoms with van der Waals surface area (Å²) in [5.74, 6) is -0.862. The molecule has 1 fully saturated rings. The number of carbonyl (C=O) groups is 1. The van der Waals surface area contributed by atoms with E-state index in [9.17, 15) is 4.79 Å². The first-order valence-corrected chi connectivity index (χ1v) is 7.95. The van der Waals surface area contributed by atoms with E-state index >= 15 is 0 Å². The molecule has 1 aliphatic rings. The van der Waals surface area contributed by atoms with Crippen LogP contribution < -0.4 is 0 Å². The number of rotatable bonds is 6. The van der Waals surface area contributed by atoms with Gasteiger partial charge in [0.05, 0.1) is 16.6 Å². The van der Waals surface area contributed by atoms with Gasteiger partial charge in [-0.05, 0) is 32.2 Å². The van der Waals surface area contributed by atoms with Crippen LogP contribution in [0.15, 0.2) is 5.38 Å². The molecule has 0 radical (unpaired) electrons. The molecule has 0 amide bonds.